The Morgan fingerprint density at radius 2 is 2.19 bits per heavy atom. The third-order valence-corrected chi connectivity index (χ3v) is 5.20. The maximum absolute atomic E-state index is 12.4. The lowest BCUT2D eigenvalue weighted by atomic mass is 10.2. The van der Waals surface area contributed by atoms with E-state index in [0.717, 1.165) is 25.8 Å². The molecule has 0 unspecified atom stereocenters. The van der Waals surface area contributed by atoms with Gasteiger partial charge in [0.05, 0.1) is 10.4 Å². The van der Waals surface area contributed by atoms with E-state index in [9.17, 15) is 4.79 Å². The second-order valence-electron chi connectivity index (χ2n) is 4.63. The maximum Gasteiger partial charge on any atom is 0.267 e. The number of halogens is 1. The molecule has 0 bridgehead atoms. The molecular weight excluding hydrogens is 350 g/mol. The number of nitrogens with zero attached hydrogens (tertiary/aromatic N) is 1. The van der Waals surface area contributed by atoms with Crippen LogP contribution in [0.1, 0.15) is 15.2 Å². The van der Waals surface area contributed by atoms with Gasteiger partial charge >= 0.3 is 0 Å². The summed E-state index contributed by atoms with van der Waals surface area (Å²) in [6.45, 7) is 1.97. The minimum absolute atomic E-state index is 0.199. The zero-order valence-corrected chi connectivity index (χ0v) is 13.6. The summed E-state index contributed by atoms with van der Waals surface area (Å²) in [4.78, 5) is 17.0. The lowest BCUT2D eigenvalue weighted by Crippen LogP contribution is -2.12. The average molecular weight is 362 g/mol. The fraction of sp³-hybridized carbons (Fsp3) is 0.0667. The van der Waals surface area contributed by atoms with Crippen molar-refractivity contribution in [3.05, 3.63) is 51.6 Å². The molecule has 0 spiro atoms. The van der Waals surface area contributed by atoms with Crippen molar-refractivity contribution in [2.45, 2.75) is 6.92 Å². The number of carbonyl (C=O) groups excluding carboxylic acids is 1. The van der Waals surface area contributed by atoms with E-state index in [-0.39, 0.29) is 5.91 Å². The topological polar surface area (TPSA) is 68.0 Å². The van der Waals surface area contributed by atoms with Crippen LogP contribution in [0.2, 0.25) is 0 Å². The van der Waals surface area contributed by atoms with Gasteiger partial charge in [0.15, 0.2) is 0 Å². The number of hydrogen-bond donors (Lipinski definition) is 2. The van der Waals surface area contributed by atoms with Crippen LogP contribution < -0.4 is 11.1 Å². The molecule has 1 aromatic carbocycles. The molecular formula is C15H12BrN3OS. The second kappa shape index (κ2) is 5.46. The first kappa shape index (κ1) is 14.0. The number of nitrogen functional groups attached to an aromatic ring is 1. The first-order valence-corrected chi connectivity index (χ1v) is 7.86. The molecule has 3 N–H and O–H groups in total. The standard InChI is InChI=1S/C15H12BrN3OS/c1-8-6-9(2-3-11(8)16)19-15(20)14-13(17)10-4-5-18-7-12(10)21-14/h2-7H,17H2,1H3,(H,19,20). The summed E-state index contributed by atoms with van der Waals surface area (Å²) in [7, 11) is 0. The number of nitrogens with one attached hydrogen (secondary N) is 1. The number of fused-ring (bicyclic) bond motifs is 1. The Bertz CT molecular complexity index is 844. The van der Waals surface area contributed by atoms with Gasteiger partial charge in [-0.1, -0.05) is 15.9 Å². The molecule has 106 valence electrons. The predicted molar refractivity (Wildman–Crippen MR) is 90.9 cm³/mol. The molecule has 0 fully saturated rings. The number of pyridine rings is 1. The highest BCUT2D eigenvalue weighted by molar-refractivity contribution is 9.10. The molecule has 0 aliphatic heterocycles. The van der Waals surface area contributed by atoms with E-state index in [2.05, 4.69) is 26.2 Å². The monoisotopic (exact) mass is 361 g/mol. The van der Waals surface area contributed by atoms with Gasteiger partial charge in [-0.15, -0.1) is 11.3 Å². The molecule has 2 heterocycles. The number of aromatic nitrogens is 1. The van der Waals surface area contributed by atoms with Crippen molar-refractivity contribution in [3.63, 3.8) is 0 Å². The molecule has 3 rings (SSSR count). The van der Waals surface area contributed by atoms with E-state index in [1.165, 1.54) is 11.3 Å². The first-order valence-electron chi connectivity index (χ1n) is 6.26. The smallest absolute Gasteiger partial charge is 0.267 e. The number of benzene rings is 1. The van der Waals surface area contributed by atoms with Crippen molar-refractivity contribution in [2.75, 3.05) is 11.1 Å². The van der Waals surface area contributed by atoms with Crippen LogP contribution in [-0.2, 0) is 0 Å². The van der Waals surface area contributed by atoms with Crippen LogP contribution in [0.4, 0.5) is 11.4 Å². The van der Waals surface area contributed by atoms with Crippen LogP contribution in [-0.4, -0.2) is 10.9 Å². The number of hydrogen-bond acceptors (Lipinski definition) is 4. The highest BCUT2D eigenvalue weighted by Gasteiger charge is 2.16. The number of thiophene rings is 1. The van der Waals surface area contributed by atoms with E-state index in [4.69, 9.17) is 5.73 Å². The van der Waals surface area contributed by atoms with E-state index in [0.29, 0.717) is 10.6 Å². The van der Waals surface area contributed by atoms with Crippen LogP contribution in [0.15, 0.2) is 41.1 Å². The zero-order valence-electron chi connectivity index (χ0n) is 11.2. The van der Waals surface area contributed by atoms with E-state index < -0.39 is 0 Å². The predicted octanol–water partition coefficient (Wildman–Crippen LogP) is 4.20. The summed E-state index contributed by atoms with van der Waals surface area (Å²) < 4.78 is 1.92. The van der Waals surface area contributed by atoms with E-state index in [1.807, 2.05) is 31.2 Å². The summed E-state index contributed by atoms with van der Waals surface area (Å²) >= 11 is 4.79. The van der Waals surface area contributed by atoms with Gasteiger partial charge in [0.1, 0.15) is 4.88 Å². The molecule has 0 aliphatic carbocycles. The minimum atomic E-state index is -0.199. The Morgan fingerprint density at radius 1 is 1.38 bits per heavy atom. The van der Waals surface area contributed by atoms with Gasteiger partial charge in [0, 0.05) is 27.9 Å². The van der Waals surface area contributed by atoms with Gasteiger partial charge in [-0.3, -0.25) is 9.78 Å². The lowest BCUT2D eigenvalue weighted by molar-refractivity contribution is 0.103. The molecule has 3 aromatic rings. The van der Waals surface area contributed by atoms with Gasteiger partial charge in [-0.25, -0.2) is 0 Å². The lowest BCUT2D eigenvalue weighted by Gasteiger charge is -2.06. The van der Waals surface area contributed by atoms with Crippen LogP contribution in [0, 0.1) is 6.92 Å². The van der Waals surface area contributed by atoms with Crippen molar-refractivity contribution >= 4 is 54.6 Å². The summed E-state index contributed by atoms with van der Waals surface area (Å²) in [6.07, 6.45) is 3.39. The number of carbonyl (C=O) groups is 1. The minimum Gasteiger partial charge on any atom is -0.397 e. The number of amides is 1. The largest absolute Gasteiger partial charge is 0.397 e. The van der Waals surface area contributed by atoms with Crippen LogP contribution in [0.3, 0.4) is 0 Å². The fourth-order valence-electron chi connectivity index (χ4n) is 2.05. The number of aryl methyl sites for hydroxylation is 1. The molecule has 0 aliphatic rings. The third kappa shape index (κ3) is 2.64. The molecule has 6 heteroatoms. The van der Waals surface area contributed by atoms with Crippen molar-refractivity contribution in [2.24, 2.45) is 0 Å². The highest BCUT2D eigenvalue weighted by atomic mass is 79.9. The summed E-state index contributed by atoms with van der Waals surface area (Å²) in [5.74, 6) is -0.199. The van der Waals surface area contributed by atoms with Crippen molar-refractivity contribution in [1.29, 1.82) is 0 Å². The second-order valence-corrected chi connectivity index (χ2v) is 6.54. The van der Waals surface area contributed by atoms with Crippen molar-refractivity contribution in [1.82, 2.24) is 4.98 Å². The summed E-state index contributed by atoms with van der Waals surface area (Å²) in [5, 5.41) is 3.75. The first-order chi connectivity index (χ1) is 10.1. The average Bonchev–Trinajstić information content (AvgIpc) is 2.81. The van der Waals surface area contributed by atoms with E-state index >= 15 is 0 Å². The zero-order chi connectivity index (χ0) is 15.0. The highest BCUT2D eigenvalue weighted by Crippen LogP contribution is 2.33. The van der Waals surface area contributed by atoms with Crippen LogP contribution in [0.5, 0.6) is 0 Å². The fourth-order valence-corrected chi connectivity index (χ4v) is 3.28. The Kier molecular flexibility index (Phi) is 3.65. The molecule has 0 saturated carbocycles. The Labute approximate surface area is 134 Å². The Morgan fingerprint density at radius 3 is 2.90 bits per heavy atom. The molecule has 1 amide bonds. The van der Waals surface area contributed by atoms with Gasteiger partial charge in [0.2, 0.25) is 0 Å². The molecule has 0 radical (unpaired) electrons. The maximum atomic E-state index is 12.4. The normalized spacial score (nSPS) is 10.8. The molecule has 21 heavy (non-hydrogen) atoms. The van der Waals surface area contributed by atoms with Gasteiger partial charge < -0.3 is 11.1 Å². The Hall–Kier alpha value is -1.92. The number of nitrogens with two attached hydrogens (primary N) is 1. The van der Waals surface area contributed by atoms with Gasteiger partial charge in [-0.2, -0.15) is 0 Å². The molecule has 0 saturated heterocycles. The van der Waals surface area contributed by atoms with Crippen LogP contribution >= 0.6 is 27.3 Å². The van der Waals surface area contributed by atoms with Crippen molar-refractivity contribution < 1.29 is 4.79 Å². The number of rotatable bonds is 2. The van der Waals surface area contributed by atoms with Crippen LogP contribution in [0.25, 0.3) is 10.1 Å². The summed E-state index contributed by atoms with van der Waals surface area (Å²) in [6, 6.07) is 7.48. The van der Waals surface area contributed by atoms with Gasteiger partial charge in [-0.05, 0) is 36.8 Å². The molecule has 0 atom stereocenters. The Balaban J connectivity index is 1.93. The van der Waals surface area contributed by atoms with Crippen molar-refractivity contribution in [3.8, 4) is 0 Å². The van der Waals surface area contributed by atoms with Gasteiger partial charge in [0.25, 0.3) is 5.91 Å². The molecule has 2 aromatic heterocycles. The van der Waals surface area contributed by atoms with E-state index in [1.54, 1.807) is 12.4 Å². The SMILES string of the molecule is Cc1cc(NC(=O)c2sc3cnccc3c2N)ccc1Br. The summed E-state index contributed by atoms with van der Waals surface area (Å²) in [5.41, 5.74) is 8.37. The number of anilines is 2. The quantitative estimate of drug-likeness (QED) is 0.718. The molecule has 4 nitrogen and oxygen atoms in total. The third-order valence-electron chi connectivity index (χ3n) is 3.15.